The molecule has 4 rings (SSSR count). The van der Waals surface area contributed by atoms with Crippen LogP contribution < -0.4 is 10.1 Å². The number of anilines is 1. The molecule has 23 heavy (non-hydrogen) atoms. The lowest BCUT2D eigenvalue weighted by Crippen LogP contribution is -2.39. The molecule has 1 saturated heterocycles. The van der Waals surface area contributed by atoms with Crippen molar-refractivity contribution in [3.05, 3.63) is 48.0 Å². The van der Waals surface area contributed by atoms with Crippen LogP contribution in [0.3, 0.4) is 0 Å². The molecule has 0 aromatic heterocycles. The number of fused-ring (bicyclic) bond motifs is 3. The van der Waals surface area contributed by atoms with Crippen molar-refractivity contribution in [1.29, 1.82) is 0 Å². The molecule has 1 unspecified atom stereocenters. The first kappa shape index (κ1) is 14.9. The van der Waals surface area contributed by atoms with Gasteiger partial charge in [0.15, 0.2) is 0 Å². The predicted octanol–water partition coefficient (Wildman–Crippen LogP) is 4.06. The molecule has 2 aliphatic heterocycles. The number of hydrogen-bond donors (Lipinski definition) is 1. The van der Waals surface area contributed by atoms with Crippen LogP contribution in [0.4, 0.5) is 5.69 Å². The standard InChI is InChI=1S/C19H22N2OS/c1-21-11-10-17-16(12-21)15-4-3-5-18(19(15)20-17)23-14-8-6-13(22-2)7-9-14/h3-9,16-17,20H,10-12H2,1-2H3/t16?,17-/m0/s1. The third kappa shape index (κ3) is 2.81. The fraction of sp³-hybridized carbons (Fsp3) is 0.368. The Kier molecular flexibility index (Phi) is 3.95. The lowest BCUT2D eigenvalue weighted by Gasteiger charge is -2.32. The first-order chi connectivity index (χ1) is 11.2. The molecule has 0 spiro atoms. The van der Waals surface area contributed by atoms with E-state index in [1.54, 1.807) is 7.11 Å². The van der Waals surface area contributed by atoms with Gasteiger partial charge < -0.3 is 15.0 Å². The van der Waals surface area contributed by atoms with Crippen LogP contribution in [0.5, 0.6) is 5.75 Å². The third-order valence-electron chi connectivity index (χ3n) is 4.89. The van der Waals surface area contributed by atoms with Crippen molar-refractivity contribution in [2.75, 3.05) is 32.6 Å². The molecule has 2 heterocycles. The monoisotopic (exact) mass is 326 g/mol. The molecule has 0 radical (unpaired) electrons. The van der Waals surface area contributed by atoms with Crippen molar-refractivity contribution >= 4 is 17.4 Å². The molecular formula is C19H22N2OS. The second-order valence-corrected chi connectivity index (χ2v) is 7.52. The van der Waals surface area contributed by atoms with Gasteiger partial charge in [-0.2, -0.15) is 0 Å². The molecule has 0 aliphatic carbocycles. The zero-order valence-corrected chi connectivity index (χ0v) is 14.4. The molecule has 0 bridgehead atoms. The number of nitrogens with zero attached hydrogens (tertiary/aromatic N) is 1. The number of rotatable bonds is 3. The van der Waals surface area contributed by atoms with E-state index < -0.39 is 0 Å². The Morgan fingerprint density at radius 1 is 1.17 bits per heavy atom. The average Bonchev–Trinajstić information content (AvgIpc) is 2.95. The summed E-state index contributed by atoms with van der Waals surface area (Å²) in [4.78, 5) is 5.01. The van der Waals surface area contributed by atoms with E-state index in [0.29, 0.717) is 12.0 Å². The topological polar surface area (TPSA) is 24.5 Å². The summed E-state index contributed by atoms with van der Waals surface area (Å²) in [6.45, 7) is 2.34. The van der Waals surface area contributed by atoms with Crippen LogP contribution in [0.25, 0.3) is 0 Å². The fourth-order valence-electron chi connectivity index (χ4n) is 3.66. The number of ether oxygens (including phenoxy) is 1. The Morgan fingerprint density at radius 2 is 2.00 bits per heavy atom. The highest BCUT2D eigenvalue weighted by Crippen LogP contribution is 2.46. The van der Waals surface area contributed by atoms with Crippen LogP contribution in [-0.2, 0) is 0 Å². The van der Waals surface area contributed by atoms with Gasteiger partial charge in [0, 0.05) is 28.3 Å². The maximum absolute atomic E-state index is 5.24. The lowest BCUT2D eigenvalue weighted by molar-refractivity contribution is 0.243. The van der Waals surface area contributed by atoms with Gasteiger partial charge in [0.2, 0.25) is 0 Å². The Bertz CT molecular complexity index is 701. The minimum atomic E-state index is 0.596. The number of piperidine rings is 1. The number of likely N-dealkylation sites (tertiary alicyclic amines) is 1. The van der Waals surface area contributed by atoms with Crippen molar-refractivity contribution in [3.8, 4) is 5.75 Å². The van der Waals surface area contributed by atoms with Crippen molar-refractivity contribution in [2.24, 2.45) is 0 Å². The van der Waals surface area contributed by atoms with Crippen LogP contribution in [0, 0.1) is 0 Å². The summed E-state index contributed by atoms with van der Waals surface area (Å²) in [5, 5.41) is 3.80. The van der Waals surface area contributed by atoms with E-state index in [0.717, 1.165) is 12.3 Å². The van der Waals surface area contributed by atoms with Crippen LogP contribution in [0.2, 0.25) is 0 Å². The van der Waals surface area contributed by atoms with Gasteiger partial charge in [0.25, 0.3) is 0 Å². The number of benzene rings is 2. The van der Waals surface area contributed by atoms with Gasteiger partial charge in [-0.25, -0.2) is 0 Å². The normalized spacial score (nSPS) is 23.0. The van der Waals surface area contributed by atoms with Gasteiger partial charge in [0.1, 0.15) is 5.75 Å². The van der Waals surface area contributed by atoms with Crippen molar-refractivity contribution in [2.45, 2.75) is 28.2 Å². The number of para-hydroxylation sites is 1. The molecule has 2 aromatic carbocycles. The first-order valence-corrected chi connectivity index (χ1v) is 8.96. The molecular weight excluding hydrogens is 304 g/mol. The number of nitrogens with one attached hydrogen (secondary N) is 1. The van der Waals surface area contributed by atoms with Crippen LogP contribution in [0.1, 0.15) is 17.9 Å². The number of likely N-dealkylation sites (N-methyl/N-ethyl adjacent to an activating group) is 1. The quantitative estimate of drug-likeness (QED) is 0.919. The lowest BCUT2D eigenvalue weighted by atomic mass is 9.90. The minimum absolute atomic E-state index is 0.596. The fourth-order valence-corrected chi connectivity index (χ4v) is 4.61. The summed E-state index contributed by atoms with van der Waals surface area (Å²) in [6.07, 6.45) is 1.22. The molecule has 120 valence electrons. The van der Waals surface area contributed by atoms with Gasteiger partial charge in [-0.3, -0.25) is 0 Å². The molecule has 0 amide bonds. The highest BCUT2D eigenvalue weighted by molar-refractivity contribution is 7.99. The van der Waals surface area contributed by atoms with Gasteiger partial charge >= 0.3 is 0 Å². The largest absolute Gasteiger partial charge is 0.497 e. The highest BCUT2D eigenvalue weighted by Gasteiger charge is 2.36. The second-order valence-electron chi connectivity index (χ2n) is 6.41. The van der Waals surface area contributed by atoms with Gasteiger partial charge in [0.05, 0.1) is 12.8 Å². The maximum atomic E-state index is 5.24. The molecule has 1 N–H and O–H groups in total. The predicted molar refractivity (Wildman–Crippen MR) is 95.8 cm³/mol. The van der Waals surface area contributed by atoms with Crippen LogP contribution in [-0.4, -0.2) is 38.2 Å². The van der Waals surface area contributed by atoms with Crippen molar-refractivity contribution < 1.29 is 4.74 Å². The minimum Gasteiger partial charge on any atom is -0.497 e. The van der Waals surface area contributed by atoms with Gasteiger partial charge in [-0.05, 0) is 55.9 Å². The summed E-state index contributed by atoms with van der Waals surface area (Å²) in [5.74, 6) is 1.53. The summed E-state index contributed by atoms with van der Waals surface area (Å²) in [5.41, 5.74) is 2.83. The average molecular weight is 326 g/mol. The molecule has 4 heteroatoms. The van der Waals surface area contributed by atoms with Crippen LogP contribution >= 0.6 is 11.8 Å². The second kappa shape index (κ2) is 6.10. The Morgan fingerprint density at radius 3 is 2.78 bits per heavy atom. The maximum Gasteiger partial charge on any atom is 0.118 e. The molecule has 3 nitrogen and oxygen atoms in total. The molecule has 2 aromatic rings. The van der Waals surface area contributed by atoms with Gasteiger partial charge in [-0.1, -0.05) is 23.9 Å². The number of hydrogen-bond acceptors (Lipinski definition) is 4. The van der Waals surface area contributed by atoms with Gasteiger partial charge in [-0.15, -0.1) is 0 Å². The van der Waals surface area contributed by atoms with E-state index in [-0.39, 0.29) is 0 Å². The first-order valence-electron chi connectivity index (χ1n) is 8.14. The summed E-state index contributed by atoms with van der Waals surface area (Å²) in [6, 6.07) is 15.6. The highest BCUT2D eigenvalue weighted by atomic mass is 32.2. The van der Waals surface area contributed by atoms with Crippen molar-refractivity contribution in [1.82, 2.24) is 4.90 Å². The molecule has 2 aliphatic rings. The van der Waals surface area contributed by atoms with E-state index in [4.69, 9.17) is 4.74 Å². The summed E-state index contributed by atoms with van der Waals surface area (Å²) in [7, 11) is 3.93. The van der Waals surface area contributed by atoms with E-state index in [1.807, 2.05) is 23.9 Å². The van der Waals surface area contributed by atoms with Crippen LogP contribution in [0.15, 0.2) is 52.3 Å². The zero-order chi connectivity index (χ0) is 15.8. The zero-order valence-electron chi connectivity index (χ0n) is 13.6. The summed E-state index contributed by atoms with van der Waals surface area (Å²) >= 11 is 1.83. The SMILES string of the molecule is COc1ccc(Sc2cccc3c2N[C@H]2CCN(C)CC32)cc1. The molecule has 2 atom stereocenters. The Balaban J connectivity index is 1.61. The molecule has 0 saturated carbocycles. The Hall–Kier alpha value is -1.65. The third-order valence-corrected chi connectivity index (χ3v) is 5.96. The Labute approximate surface area is 142 Å². The van der Waals surface area contributed by atoms with E-state index in [1.165, 1.54) is 34.0 Å². The van der Waals surface area contributed by atoms with E-state index in [9.17, 15) is 0 Å². The molecule has 1 fully saturated rings. The van der Waals surface area contributed by atoms with E-state index in [2.05, 4.69) is 47.6 Å². The summed E-state index contributed by atoms with van der Waals surface area (Å²) < 4.78 is 5.24. The van der Waals surface area contributed by atoms with Crippen molar-refractivity contribution in [3.63, 3.8) is 0 Å². The smallest absolute Gasteiger partial charge is 0.118 e. The van der Waals surface area contributed by atoms with E-state index >= 15 is 0 Å². The number of methoxy groups -OCH3 is 1.